The second-order valence-corrected chi connectivity index (χ2v) is 11.8. The lowest BCUT2D eigenvalue weighted by atomic mass is 9.80. The highest BCUT2D eigenvalue weighted by Crippen LogP contribution is 2.53. The van der Waals surface area contributed by atoms with Crippen LogP contribution in [0.5, 0.6) is 0 Å². The molecule has 0 N–H and O–H groups in total. The summed E-state index contributed by atoms with van der Waals surface area (Å²) in [4.78, 5) is 0. The molecule has 216 valence electrons. The first-order valence-electron chi connectivity index (χ1n) is 15.6. The summed E-state index contributed by atoms with van der Waals surface area (Å²) >= 11 is 0. The Morgan fingerprint density at radius 2 is 0.826 bits per heavy atom. The summed E-state index contributed by atoms with van der Waals surface area (Å²) in [6, 6.07) is 33.1. The second kappa shape index (κ2) is 10.3. The maximum atomic E-state index is 4.48. The number of fused-ring (bicyclic) bond motifs is 5. The fraction of sp³-hybridized carbons (Fsp3) is 0. The summed E-state index contributed by atoms with van der Waals surface area (Å²) in [6.07, 6.45) is 9.70. The van der Waals surface area contributed by atoms with Crippen LogP contribution < -0.4 is 0 Å². The molecule has 0 aromatic heterocycles. The molecule has 0 amide bonds. The van der Waals surface area contributed by atoms with E-state index in [1.54, 1.807) is 0 Å². The lowest BCUT2D eigenvalue weighted by Gasteiger charge is -2.23. The summed E-state index contributed by atoms with van der Waals surface area (Å²) in [5.74, 6) is 0. The molecule has 0 aliphatic heterocycles. The zero-order valence-electron chi connectivity index (χ0n) is 25.8. The van der Waals surface area contributed by atoms with Gasteiger partial charge in [-0.2, -0.15) is 0 Å². The van der Waals surface area contributed by atoms with Gasteiger partial charge in [0, 0.05) is 0 Å². The third-order valence-electron chi connectivity index (χ3n) is 9.85. The fourth-order valence-corrected chi connectivity index (χ4v) is 8.00. The van der Waals surface area contributed by atoms with Crippen LogP contribution in [0.4, 0.5) is 0 Å². The van der Waals surface area contributed by atoms with Crippen LogP contribution >= 0.6 is 0 Å². The van der Waals surface area contributed by atoms with E-state index in [9.17, 15) is 0 Å². The maximum Gasteiger partial charge on any atom is -0.00201 e. The van der Waals surface area contributed by atoms with Crippen LogP contribution in [0.25, 0.3) is 95.4 Å². The van der Waals surface area contributed by atoms with Crippen molar-refractivity contribution < 1.29 is 0 Å². The average Bonchev–Trinajstić information content (AvgIpc) is 3.58. The normalized spacial score (nSPS) is 12.7. The summed E-state index contributed by atoms with van der Waals surface area (Å²) < 4.78 is 0. The Hall–Kier alpha value is -5.98. The van der Waals surface area contributed by atoms with Crippen LogP contribution in [-0.4, -0.2) is 0 Å². The van der Waals surface area contributed by atoms with Crippen molar-refractivity contribution in [2.75, 3.05) is 0 Å². The quantitative estimate of drug-likeness (QED) is 0.175. The van der Waals surface area contributed by atoms with E-state index in [4.69, 9.17) is 0 Å². The van der Waals surface area contributed by atoms with E-state index >= 15 is 0 Å². The molecule has 0 saturated heterocycles. The van der Waals surface area contributed by atoms with E-state index in [0.29, 0.717) is 0 Å². The number of hydrogen-bond acceptors (Lipinski definition) is 0. The fourth-order valence-electron chi connectivity index (χ4n) is 8.00. The molecule has 2 aliphatic carbocycles. The molecule has 0 spiro atoms. The number of rotatable bonds is 7. The number of benzene rings is 6. The molecule has 8 rings (SSSR count). The van der Waals surface area contributed by atoms with E-state index in [1.807, 2.05) is 30.4 Å². The Kier molecular flexibility index (Phi) is 6.17. The van der Waals surface area contributed by atoms with Gasteiger partial charge in [-0.05, 0) is 111 Å². The molecule has 6 aromatic rings. The first kappa shape index (κ1) is 27.6. The predicted octanol–water partition coefficient (Wildman–Crippen LogP) is 13.1. The Bertz CT molecular complexity index is 2420. The molecule has 0 unspecified atom stereocenters. The van der Waals surface area contributed by atoms with Gasteiger partial charge >= 0.3 is 0 Å². The minimum absolute atomic E-state index is 0.940. The first-order chi connectivity index (χ1) is 22.6. The molecular formula is C46H32. The second-order valence-electron chi connectivity index (χ2n) is 11.8. The third-order valence-corrected chi connectivity index (χ3v) is 9.85. The molecule has 0 saturated carbocycles. The molecule has 0 heteroatoms. The topological polar surface area (TPSA) is 0 Å². The Morgan fingerprint density at radius 1 is 0.348 bits per heavy atom. The van der Waals surface area contributed by atoms with Crippen molar-refractivity contribution in [2.24, 2.45) is 0 Å². The van der Waals surface area contributed by atoms with E-state index in [0.717, 1.165) is 61.0 Å². The van der Waals surface area contributed by atoms with Crippen molar-refractivity contribution >= 4 is 50.9 Å². The van der Waals surface area contributed by atoms with Gasteiger partial charge in [-0.3, -0.25) is 0 Å². The van der Waals surface area contributed by atoms with E-state index < -0.39 is 0 Å². The molecule has 0 radical (unpaired) electrons. The van der Waals surface area contributed by atoms with E-state index in [-0.39, 0.29) is 0 Å². The minimum atomic E-state index is 0.940. The van der Waals surface area contributed by atoms with E-state index in [1.165, 1.54) is 49.5 Å². The SMILES string of the molecule is C=CC1=C(C=C)c2ccc(-c3c(C=C)c(C=C)c(-c4ccc5c6c(cccc46)-c4ccccc4-5)c4ccccc34)c(C=C)c2C1=C. The molecule has 0 atom stereocenters. The van der Waals surface area contributed by atoms with Gasteiger partial charge in [0.1, 0.15) is 0 Å². The largest absolute Gasteiger partial charge is 0.0984 e. The van der Waals surface area contributed by atoms with Crippen LogP contribution in [0.1, 0.15) is 27.8 Å². The number of hydrogen-bond donors (Lipinski definition) is 0. The standard InChI is InChI=1S/C46H32/c1-7-28-27(6)43-32(11-5)40(24-23-39(43)29(28)8-2)44-30(9-3)31(10-4)45(37-20-15-14-19-36(37)44)42-26-25-41-34-18-13-12-17-33(34)35-21-16-22-38(42)46(35)41/h7-26H,1-6H2. The highest BCUT2D eigenvalue weighted by molar-refractivity contribution is 6.22. The van der Waals surface area contributed by atoms with Crippen molar-refractivity contribution in [3.8, 4) is 44.5 Å². The molecule has 2 aliphatic rings. The predicted molar refractivity (Wildman–Crippen MR) is 203 cm³/mol. The maximum absolute atomic E-state index is 4.48. The van der Waals surface area contributed by atoms with Crippen molar-refractivity contribution in [3.63, 3.8) is 0 Å². The highest BCUT2D eigenvalue weighted by atomic mass is 14.3. The Labute approximate surface area is 270 Å². The lowest BCUT2D eigenvalue weighted by Crippen LogP contribution is -1.99. The molecular weight excluding hydrogens is 553 g/mol. The smallest absolute Gasteiger partial charge is 0.00201 e. The van der Waals surface area contributed by atoms with Crippen molar-refractivity contribution in [3.05, 3.63) is 176 Å². The summed E-state index contributed by atoms with van der Waals surface area (Å²) in [7, 11) is 0. The Balaban J connectivity index is 1.47. The van der Waals surface area contributed by atoms with Gasteiger partial charge in [-0.15, -0.1) is 0 Å². The molecule has 46 heavy (non-hydrogen) atoms. The van der Waals surface area contributed by atoms with Crippen molar-refractivity contribution in [1.82, 2.24) is 0 Å². The van der Waals surface area contributed by atoms with Gasteiger partial charge in [0.2, 0.25) is 0 Å². The van der Waals surface area contributed by atoms with E-state index in [2.05, 4.69) is 130 Å². The van der Waals surface area contributed by atoms with Crippen LogP contribution in [0.3, 0.4) is 0 Å². The van der Waals surface area contributed by atoms with Crippen molar-refractivity contribution in [1.29, 1.82) is 0 Å². The molecule has 0 fully saturated rings. The minimum Gasteiger partial charge on any atom is -0.0984 e. The van der Waals surface area contributed by atoms with Gasteiger partial charge in [-0.25, -0.2) is 0 Å². The van der Waals surface area contributed by atoms with Gasteiger partial charge in [0.05, 0.1) is 0 Å². The van der Waals surface area contributed by atoms with Gasteiger partial charge in [-0.1, -0.05) is 161 Å². The van der Waals surface area contributed by atoms with Gasteiger partial charge < -0.3 is 0 Å². The van der Waals surface area contributed by atoms with Gasteiger partial charge in [0.15, 0.2) is 0 Å². The van der Waals surface area contributed by atoms with Crippen LogP contribution in [0, 0.1) is 0 Å². The number of allylic oxidation sites excluding steroid dienone is 5. The van der Waals surface area contributed by atoms with Crippen LogP contribution in [0.2, 0.25) is 0 Å². The molecule has 0 heterocycles. The summed E-state index contributed by atoms with van der Waals surface area (Å²) in [6.45, 7) is 25.7. The van der Waals surface area contributed by atoms with Crippen LogP contribution in [0.15, 0.2) is 148 Å². The molecule has 0 nitrogen and oxygen atoms in total. The highest BCUT2D eigenvalue weighted by Gasteiger charge is 2.29. The lowest BCUT2D eigenvalue weighted by molar-refractivity contribution is 1.53. The summed E-state index contributed by atoms with van der Waals surface area (Å²) in [5.41, 5.74) is 18.0. The third kappa shape index (κ3) is 3.50. The molecule has 0 bridgehead atoms. The zero-order chi connectivity index (χ0) is 31.7. The first-order valence-corrected chi connectivity index (χ1v) is 15.6. The average molecular weight is 585 g/mol. The Morgan fingerprint density at radius 3 is 1.43 bits per heavy atom. The van der Waals surface area contributed by atoms with Crippen molar-refractivity contribution in [2.45, 2.75) is 0 Å². The van der Waals surface area contributed by atoms with Gasteiger partial charge in [0.25, 0.3) is 0 Å². The monoisotopic (exact) mass is 584 g/mol. The van der Waals surface area contributed by atoms with Crippen LogP contribution in [-0.2, 0) is 0 Å². The summed E-state index contributed by atoms with van der Waals surface area (Å²) in [5, 5.41) is 4.86. The molecule has 6 aromatic carbocycles. The zero-order valence-corrected chi connectivity index (χ0v) is 25.8.